The van der Waals surface area contributed by atoms with Gasteiger partial charge in [0.05, 0.1) is 11.8 Å². The van der Waals surface area contributed by atoms with Crippen molar-refractivity contribution >= 4 is 11.9 Å². The first kappa shape index (κ1) is 15.1. The van der Waals surface area contributed by atoms with Crippen LogP contribution in [0.15, 0.2) is 30.3 Å². The first-order valence-corrected chi connectivity index (χ1v) is 8.21. The number of nitrogens with one attached hydrogen (secondary N) is 1. The fraction of sp³-hybridized carbons (Fsp3) is 0.556. The van der Waals surface area contributed by atoms with Crippen LogP contribution in [0.1, 0.15) is 31.2 Å². The van der Waals surface area contributed by atoms with Crippen LogP contribution in [0.5, 0.6) is 0 Å². The first-order chi connectivity index (χ1) is 10.7. The van der Waals surface area contributed by atoms with Crippen LogP contribution >= 0.6 is 0 Å². The summed E-state index contributed by atoms with van der Waals surface area (Å²) in [7, 11) is 0. The van der Waals surface area contributed by atoms with E-state index in [2.05, 4.69) is 17.4 Å². The molecule has 4 atom stereocenters. The predicted molar refractivity (Wildman–Crippen MR) is 83.2 cm³/mol. The molecule has 2 fully saturated rings. The summed E-state index contributed by atoms with van der Waals surface area (Å²) in [6, 6.07) is 10.2. The average molecular weight is 301 g/mol. The second kappa shape index (κ2) is 6.51. The lowest BCUT2D eigenvalue weighted by Gasteiger charge is -2.27. The van der Waals surface area contributed by atoms with Gasteiger partial charge in [0.15, 0.2) is 0 Å². The fourth-order valence-corrected chi connectivity index (χ4v) is 4.29. The van der Waals surface area contributed by atoms with Gasteiger partial charge in [-0.25, -0.2) is 0 Å². The second-order valence-electron chi connectivity index (χ2n) is 6.60. The number of aliphatic carboxylic acids is 1. The Morgan fingerprint density at radius 3 is 2.45 bits per heavy atom. The van der Waals surface area contributed by atoms with E-state index >= 15 is 0 Å². The molecule has 2 aliphatic carbocycles. The van der Waals surface area contributed by atoms with Gasteiger partial charge in [0.1, 0.15) is 0 Å². The zero-order valence-corrected chi connectivity index (χ0v) is 12.7. The van der Waals surface area contributed by atoms with E-state index in [0.29, 0.717) is 6.54 Å². The molecule has 0 heterocycles. The highest BCUT2D eigenvalue weighted by Crippen LogP contribution is 2.52. The van der Waals surface area contributed by atoms with Crippen LogP contribution in [-0.2, 0) is 16.0 Å². The van der Waals surface area contributed by atoms with Crippen molar-refractivity contribution in [1.82, 2.24) is 5.32 Å². The van der Waals surface area contributed by atoms with E-state index in [4.69, 9.17) is 0 Å². The average Bonchev–Trinajstić information content (AvgIpc) is 3.13. The van der Waals surface area contributed by atoms with Crippen molar-refractivity contribution < 1.29 is 14.7 Å². The predicted octanol–water partition coefficient (Wildman–Crippen LogP) is 2.48. The standard InChI is InChI=1S/C18H23NO3/c20-17(19-10-4-7-12-5-2-1-3-6-12)15-13-8-9-14(11-13)16(15)18(21)22/h1-3,5-6,13-16H,4,7-11H2,(H,19,20)(H,21,22)/t13-,14-,15+,16+/m0/s1. The number of aryl methyl sites for hydroxylation is 1. The molecule has 1 aromatic rings. The van der Waals surface area contributed by atoms with E-state index < -0.39 is 11.9 Å². The molecule has 0 unspecified atom stereocenters. The minimum absolute atomic E-state index is 0.0485. The van der Waals surface area contributed by atoms with Crippen LogP contribution in [0, 0.1) is 23.7 Å². The summed E-state index contributed by atoms with van der Waals surface area (Å²) in [5.41, 5.74) is 1.26. The maximum absolute atomic E-state index is 12.4. The Kier molecular flexibility index (Phi) is 4.46. The van der Waals surface area contributed by atoms with Crippen LogP contribution in [0.2, 0.25) is 0 Å². The molecule has 2 bridgehead atoms. The summed E-state index contributed by atoms with van der Waals surface area (Å²) < 4.78 is 0. The number of benzene rings is 1. The van der Waals surface area contributed by atoms with Gasteiger partial charge in [-0.3, -0.25) is 9.59 Å². The van der Waals surface area contributed by atoms with Crippen LogP contribution in [0.4, 0.5) is 0 Å². The minimum atomic E-state index is -0.795. The van der Waals surface area contributed by atoms with E-state index in [1.807, 2.05) is 18.2 Å². The Hall–Kier alpha value is -1.84. The molecule has 4 heteroatoms. The highest BCUT2D eigenvalue weighted by Gasteiger charge is 2.53. The zero-order valence-electron chi connectivity index (χ0n) is 12.7. The Bertz CT molecular complexity index is 543. The molecule has 0 aliphatic heterocycles. The first-order valence-electron chi connectivity index (χ1n) is 8.21. The SMILES string of the molecule is O=C(O)[C@@H]1[C@H]2CC[C@@H](C2)[C@H]1C(=O)NCCCc1ccccc1. The summed E-state index contributed by atoms with van der Waals surface area (Å²) >= 11 is 0. The molecular formula is C18H23NO3. The Balaban J connectivity index is 1.48. The maximum Gasteiger partial charge on any atom is 0.307 e. The van der Waals surface area contributed by atoms with E-state index in [0.717, 1.165) is 32.1 Å². The molecule has 118 valence electrons. The van der Waals surface area contributed by atoms with Crippen molar-refractivity contribution in [1.29, 1.82) is 0 Å². The van der Waals surface area contributed by atoms with E-state index in [1.165, 1.54) is 5.56 Å². The fourth-order valence-electron chi connectivity index (χ4n) is 4.29. The van der Waals surface area contributed by atoms with Crippen molar-refractivity contribution in [3.05, 3.63) is 35.9 Å². The van der Waals surface area contributed by atoms with Gasteiger partial charge in [0.2, 0.25) is 5.91 Å². The smallest absolute Gasteiger partial charge is 0.307 e. The van der Waals surface area contributed by atoms with Gasteiger partial charge in [-0.2, -0.15) is 0 Å². The minimum Gasteiger partial charge on any atom is -0.481 e. The monoisotopic (exact) mass is 301 g/mol. The highest BCUT2D eigenvalue weighted by atomic mass is 16.4. The third-order valence-corrected chi connectivity index (χ3v) is 5.29. The molecule has 0 aromatic heterocycles. The van der Waals surface area contributed by atoms with Gasteiger partial charge in [0, 0.05) is 6.54 Å². The van der Waals surface area contributed by atoms with Crippen LogP contribution in [0.3, 0.4) is 0 Å². The Labute approximate surface area is 130 Å². The van der Waals surface area contributed by atoms with Crippen LogP contribution < -0.4 is 5.32 Å². The molecule has 2 N–H and O–H groups in total. The molecule has 4 nitrogen and oxygen atoms in total. The molecule has 1 aromatic carbocycles. The van der Waals surface area contributed by atoms with Crippen molar-refractivity contribution in [2.45, 2.75) is 32.1 Å². The van der Waals surface area contributed by atoms with E-state index in [1.54, 1.807) is 0 Å². The summed E-state index contributed by atoms with van der Waals surface area (Å²) in [5.74, 6) is -1.13. The Morgan fingerprint density at radius 1 is 1.09 bits per heavy atom. The number of hydrogen-bond donors (Lipinski definition) is 2. The van der Waals surface area contributed by atoms with Crippen LogP contribution in [0.25, 0.3) is 0 Å². The Morgan fingerprint density at radius 2 is 1.77 bits per heavy atom. The summed E-state index contributed by atoms with van der Waals surface area (Å²) in [4.78, 5) is 23.8. The molecule has 3 rings (SSSR count). The lowest BCUT2D eigenvalue weighted by Crippen LogP contribution is -2.41. The van der Waals surface area contributed by atoms with Gasteiger partial charge in [-0.1, -0.05) is 30.3 Å². The summed E-state index contributed by atoms with van der Waals surface area (Å²) in [5, 5.41) is 12.4. The molecule has 0 saturated heterocycles. The molecule has 2 saturated carbocycles. The second-order valence-corrected chi connectivity index (χ2v) is 6.60. The molecule has 0 spiro atoms. The van der Waals surface area contributed by atoms with Crippen molar-refractivity contribution in [3.8, 4) is 0 Å². The zero-order chi connectivity index (χ0) is 15.5. The normalized spacial score (nSPS) is 29.5. The summed E-state index contributed by atoms with van der Waals surface area (Å²) in [6.07, 6.45) is 4.71. The van der Waals surface area contributed by atoms with Gasteiger partial charge < -0.3 is 10.4 Å². The highest BCUT2D eigenvalue weighted by molar-refractivity contribution is 5.86. The topological polar surface area (TPSA) is 66.4 Å². The van der Waals surface area contributed by atoms with Gasteiger partial charge in [-0.05, 0) is 49.5 Å². The number of hydrogen-bond acceptors (Lipinski definition) is 2. The quantitative estimate of drug-likeness (QED) is 0.793. The molecular weight excluding hydrogens is 278 g/mol. The van der Waals surface area contributed by atoms with Crippen LogP contribution in [-0.4, -0.2) is 23.5 Å². The van der Waals surface area contributed by atoms with Crippen molar-refractivity contribution in [2.75, 3.05) is 6.54 Å². The number of carboxylic acid groups (broad SMARTS) is 1. The molecule has 0 radical (unpaired) electrons. The number of rotatable bonds is 6. The van der Waals surface area contributed by atoms with Gasteiger partial charge >= 0.3 is 5.97 Å². The summed E-state index contributed by atoms with van der Waals surface area (Å²) in [6.45, 7) is 0.619. The molecule has 1 amide bonds. The maximum atomic E-state index is 12.4. The lowest BCUT2D eigenvalue weighted by atomic mass is 9.78. The number of amides is 1. The van der Waals surface area contributed by atoms with E-state index in [-0.39, 0.29) is 23.7 Å². The third-order valence-electron chi connectivity index (χ3n) is 5.29. The number of carboxylic acids is 1. The van der Waals surface area contributed by atoms with Gasteiger partial charge in [-0.15, -0.1) is 0 Å². The molecule has 22 heavy (non-hydrogen) atoms. The van der Waals surface area contributed by atoms with Crippen molar-refractivity contribution in [3.63, 3.8) is 0 Å². The largest absolute Gasteiger partial charge is 0.481 e. The number of fused-ring (bicyclic) bond motifs is 2. The number of carbonyl (C=O) groups excluding carboxylic acids is 1. The van der Waals surface area contributed by atoms with Gasteiger partial charge in [0.25, 0.3) is 0 Å². The van der Waals surface area contributed by atoms with E-state index in [9.17, 15) is 14.7 Å². The molecule has 2 aliphatic rings. The van der Waals surface area contributed by atoms with Crippen molar-refractivity contribution in [2.24, 2.45) is 23.7 Å². The number of carbonyl (C=O) groups is 2. The lowest BCUT2D eigenvalue weighted by molar-refractivity contribution is -0.149. The third kappa shape index (κ3) is 3.01.